The van der Waals surface area contributed by atoms with E-state index in [1.807, 2.05) is 0 Å². The Labute approximate surface area is 240 Å². The van der Waals surface area contributed by atoms with E-state index in [0.717, 1.165) is 12.1 Å². The van der Waals surface area contributed by atoms with Crippen molar-refractivity contribution in [2.45, 2.75) is 23.5 Å². The van der Waals surface area contributed by atoms with Crippen LogP contribution >= 0.6 is 34.8 Å². The smallest absolute Gasteiger partial charge is 0.338 e. The first-order valence-corrected chi connectivity index (χ1v) is 13.8. The Morgan fingerprint density at radius 3 is 2.00 bits per heavy atom. The molecule has 0 aromatic heterocycles. The topological polar surface area (TPSA) is 118 Å². The molecular weight excluding hydrogens is 593 g/mol. The lowest BCUT2D eigenvalue weighted by molar-refractivity contribution is -0.0290. The maximum atomic E-state index is 13.3. The van der Waals surface area contributed by atoms with E-state index in [2.05, 4.69) is 9.99 Å². The summed E-state index contributed by atoms with van der Waals surface area (Å²) >= 11 is 18.0. The zero-order chi connectivity index (χ0) is 28.4. The highest BCUT2D eigenvalue weighted by Gasteiger charge is 2.34. The van der Waals surface area contributed by atoms with Gasteiger partial charge in [0, 0.05) is 12.6 Å². The molecule has 0 saturated heterocycles. The van der Waals surface area contributed by atoms with Crippen LogP contribution in [0.3, 0.4) is 0 Å². The normalized spacial score (nSPS) is 13.0. The Morgan fingerprint density at radius 2 is 1.41 bits per heavy atom. The molecule has 2 unspecified atom stereocenters. The largest absolute Gasteiger partial charge is 0.459 e. The first-order valence-electron chi connectivity index (χ1n) is 11.2. The van der Waals surface area contributed by atoms with Crippen LogP contribution in [0, 0.1) is 0 Å². The van der Waals surface area contributed by atoms with Gasteiger partial charge in [-0.25, -0.2) is 9.59 Å². The molecule has 0 radical (unpaired) electrons. The highest BCUT2D eigenvalue weighted by Crippen LogP contribution is 2.33. The van der Waals surface area contributed by atoms with Crippen molar-refractivity contribution >= 4 is 63.1 Å². The number of rotatable bonds is 12. The van der Waals surface area contributed by atoms with Crippen molar-refractivity contribution in [2.75, 3.05) is 13.7 Å². The van der Waals surface area contributed by atoms with E-state index in [0.29, 0.717) is 0 Å². The van der Waals surface area contributed by atoms with Crippen molar-refractivity contribution in [3.63, 3.8) is 0 Å². The summed E-state index contributed by atoms with van der Waals surface area (Å²) in [6.45, 7) is -0.626. The van der Waals surface area contributed by atoms with Gasteiger partial charge in [0.1, 0.15) is 30.8 Å². The van der Waals surface area contributed by atoms with Gasteiger partial charge >= 0.3 is 11.9 Å². The van der Waals surface area contributed by atoms with E-state index in [1.54, 1.807) is 36.4 Å². The van der Waals surface area contributed by atoms with Crippen LogP contribution in [0.1, 0.15) is 27.1 Å². The highest BCUT2D eigenvalue weighted by atomic mass is 35.5. The van der Waals surface area contributed by atoms with Crippen molar-refractivity contribution in [1.29, 1.82) is 0 Å². The van der Waals surface area contributed by atoms with Gasteiger partial charge in [-0.3, -0.25) is 4.18 Å². The minimum atomic E-state index is -4.65. The summed E-state index contributed by atoms with van der Waals surface area (Å²) in [5.41, 5.74) is 0.409. The molecule has 39 heavy (non-hydrogen) atoms. The third-order valence-electron chi connectivity index (χ3n) is 5.08. The van der Waals surface area contributed by atoms with Crippen LogP contribution in [0.5, 0.6) is 0 Å². The standard InChI is InChI=1S/C26H22Cl3NO8S/c1-35-30-13-12-22(37-26(32)18-10-6-3-7-11-18)23(16-36-25(31)17-8-4-2-5-9-17)38-39(33,34)24-15-20(28)19(27)14-21(24)29/h2-11,13-15,22-23H,12,16H2,1H3. The van der Waals surface area contributed by atoms with Crippen molar-refractivity contribution in [2.24, 2.45) is 5.16 Å². The number of ether oxygens (including phenoxy) is 2. The van der Waals surface area contributed by atoms with E-state index < -0.39 is 45.8 Å². The summed E-state index contributed by atoms with van der Waals surface area (Å²) in [6, 6.07) is 18.2. The Kier molecular flexibility index (Phi) is 11.1. The summed E-state index contributed by atoms with van der Waals surface area (Å²) in [5.74, 6) is -1.53. The van der Waals surface area contributed by atoms with Crippen molar-refractivity contribution < 1.29 is 36.5 Å². The summed E-state index contributed by atoms with van der Waals surface area (Å²) in [7, 11) is -3.35. The average molecular weight is 615 g/mol. The molecule has 0 aliphatic heterocycles. The molecule has 0 N–H and O–H groups in total. The average Bonchev–Trinajstić information content (AvgIpc) is 2.93. The summed E-state index contributed by atoms with van der Waals surface area (Å²) in [4.78, 5) is 29.7. The van der Waals surface area contributed by atoms with Gasteiger partial charge in [0.15, 0.2) is 0 Å². The Bertz CT molecular complexity index is 1420. The first kappa shape index (κ1) is 30.4. The lowest BCUT2D eigenvalue weighted by Crippen LogP contribution is -2.39. The number of hydrogen-bond donors (Lipinski definition) is 0. The molecule has 0 fully saturated rings. The molecule has 0 saturated carbocycles. The molecule has 3 aromatic rings. The van der Waals surface area contributed by atoms with Gasteiger partial charge in [0.05, 0.1) is 26.2 Å². The molecule has 0 heterocycles. The molecule has 0 aliphatic rings. The lowest BCUT2D eigenvalue weighted by atomic mass is 10.1. The van der Waals surface area contributed by atoms with Crippen molar-refractivity contribution in [3.8, 4) is 0 Å². The van der Waals surface area contributed by atoms with Crippen LogP contribution in [0.25, 0.3) is 0 Å². The van der Waals surface area contributed by atoms with Crippen LogP contribution in [0.4, 0.5) is 0 Å². The number of halogens is 3. The second-order valence-corrected chi connectivity index (χ2v) is 10.5. The molecule has 2 atom stereocenters. The van der Waals surface area contributed by atoms with Gasteiger partial charge in [-0.2, -0.15) is 8.42 Å². The number of benzene rings is 3. The van der Waals surface area contributed by atoms with Gasteiger partial charge in [-0.15, -0.1) is 0 Å². The van der Waals surface area contributed by atoms with E-state index in [-0.39, 0.29) is 32.6 Å². The lowest BCUT2D eigenvalue weighted by Gasteiger charge is -2.26. The Hall–Kier alpha value is -3.15. The van der Waals surface area contributed by atoms with Crippen LogP contribution < -0.4 is 0 Å². The molecule has 3 aromatic carbocycles. The van der Waals surface area contributed by atoms with Crippen molar-refractivity contribution in [1.82, 2.24) is 0 Å². The van der Waals surface area contributed by atoms with Gasteiger partial charge < -0.3 is 14.3 Å². The van der Waals surface area contributed by atoms with Crippen LogP contribution in [-0.4, -0.2) is 52.5 Å². The molecule has 0 bridgehead atoms. The predicted octanol–water partition coefficient (Wildman–Crippen LogP) is 5.83. The third-order valence-corrected chi connectivity index (χ3v) is 7.61. The van der Waals surface area contributed by atoms with Crippen molar-refractivity contribution in [3.05, 3.63) is 99.0 Å². The number of esters is 2. The van der Waals surface area contributed by atoms with Gasteiger partial charge in [-0.05, 0) is 36.4 Å². The molecule has 9 nitrogen and oxygen atoms in total. The van der Waals surface area contributed by atoms with E-state index >= 15 is 0 Å². The van der Waals surface area contributed by atoms with Crippen LogP contribution in [0.2, 0.25) is 15.1 Å². The summed E-state index contributed by atoms with van der Waals surface area (Å²) in [5, 5.41) is 3.30. The second kappa shape index (κ2) is 14.3. The zero-order valence-electron chi connectivity index (χ0n) is 20.3. The number of nitrogens with zero attached hydrogens (tertiary/aromatic N) is 1. The number of hydrogen-bond acceptors (Lipinski definition) is 9. The fourth-order valence-electron chi connectivity index (χ4n) is 3.20. The minimum Gasteiger partial charge on any atom is -0.459 e. The fraction of sp³-hybridized carbons (Fsp3) is 0.192. The number of carbonyl (C=O) groups excluding carboxylic acids is 2. The van der Waals surface area contributed by atoms with E-state index in [1.165, 1.54) is 37.6 Å². The molecule has 206 valence electrons. The van der Waals surface area contributed by atoms with Gasteiger partial charge in [-0.1, -0.05) is 76.4 Å². The fourth-order valence-corrected chi connectivity index (χ4v) is 5.26. The molecule has 0 aliphatic carbocycles. The molecule has 13 heteroatoms. The van der Waals surface area contributed by atoms with Gasteiger partial charge in [0.2, 0.25) is 0 Å². The Balaban J connectivity index is 1.96. The SMILES string of the molecule is CON=CCC(OC(=O)c1ccccc1)C(COC(=O)c1ccccc1)OS(=O)(=O)c1cc(Cl)c(Cl)cc1Cl. The monoisotopic (exact) mass is 613 g/mol. The predicted molar refractivity (Wildman–Crippen MR) is 146 cm³/mol. The minimum absolute atomic E-state index is 0.0272. The summed E-state index contributed by atoms with van der Waals surface area (Å²) < 4.78 is 42.9. The quantitative estimate of drug-likeness (QED) is 0.0823. The van der Waals surface area contributed by atoms with Crippen LogP contribution in [-0.2, 0) is 28.6 Å². The summed E-state index contributed by atoms with van der Waals surface area (Å²) in [6.07, 6.45) is -1.76. The van der Waals surface area contributed by atoms with E-state index in [9.17, 15) is 18.0 Å². The maximum absolute atomic E-state index is 13.3. The molecular formula is C26H22Cl3NO8S. The zero-order valence-corrected chi connectivity index (χ0v) is 23.4. The van der Waals surface area contributed by atoms with Crippen LogP contribution in [0.15, 0.2) is 82.8 Å². The molecule has 0 spiro atoms. The third kappa shape index (κ3) is 8.67. The molecule has 0 amide bonds. The molecule has 3 rings (SSSR count). The highest BCUT2D eigenvalue weighted by molar-refractivity contribution is 7.87. The van der Waals surface area contributed by atoms with Gasteiger partial charge in [0.25, 0.3) is 10.1 Å². The Morgan fingerprint density at radius 1 is 0.846 bits per heavy atom. The first-order chi connectivity index (χ1) is 18.6. The van der Waals surface area contributed by atoms with E-state index in [4.69, 9.17) is 48.5 Å². The number of oxime groups is 1. The number of carbonyl (C=O) groups is 2. The maximum Gasteiger partial charge on any atom is 0.338 e. The second-order valence-electron chi connectivity index (χ2n) is 7.77.